The van der Waals surface area contributed by atoms with Crippen LogP contribution in [0.4, 0.5) is 0 Å². The van der Waals surface area contributed by atoms with Crippen molar-refractivity contribution in [3.05, 3.63) is 94.2 Å². The van der Waals surface area contributed by atoms with Gasteiger partial charge in [0, 0.05) is 12.0 Å². The molecular weight excluding hydrogens is 408 g/mol. The van der Waals surface area contributed by atoms with E-state index in [9.17, 15) is 5.11 Å². The molecule has 0 aliphatic heterocycles. The number of allylic oxidation sites excluding steroid dienone is 2. The largest absolute Gasteiger partial charge is 0.396 e. The third kappa shape index (κ3) is 8.00. The van der Waals surface area contributed by atoms with Crippen molar-refractivity contribution in [1.82, 2.24) is 0 Å². The Balaban J connectivity index is 1.63. The molecule has 0 spiro atoms. The normalized spacial score (nSPS) is 12.8. The number of benzene rings is 2. The minimum Gasteiger partial charge on any atom is -0.396 e. The molecule has 0 amide bonds. The second-order valence-corrected chi connectivity index (χ2v) is 9.91. The van der Waals surface area contributed by atoms with Crippen LogP contribution in [0.3, 0.4) is 0 Å². The molecular formula is C30H32OS. The molecule has 0 saturated carbocycles. The summed E-state index contributed by atoms with van der Waals surface area (Å²) in [5.74, 6) is 6.50. The molecule has 1 aromatic heterocycles. The van der Waals surface area contributed by atoms with Crippen molar-refractivity contribution in [1.29, 1.82) is 0 Å². The zero-order valence-electron chi connectivity index (χ0n) is 19.2. The Bertz CT molecular complexity index is 1100. The van der Waals surface area contributed by atoms with E-state index < -0.39 is 0 Å². The summed E-state index contributed by atoms with van der Waals surface area (Å²) in [5.41, 5.74) is 6.13. The average molecular weight is 441 g/mol. The Kier molecular flexibility index (Phi) is 8.68. The summed E-state index contributed by atoms with van der Waals surface area (Å²) in [6, 6.07) is 19.3. The molecule has 1 nitrogen and oxygen atoms in total. The fourth-order valence-electron chi connectivity index (χ4n) is 3.40. The molecule has 1 atom stereocenters. The van der Waals surface area contributed by atoms with Crippen molar-refractivity contribution in [3.8, 4) is 23.0 Å². The van der Waals surface area contributed by atoms with E-state index in [-0.39, 0.29) is 17.9 Å². The van der Waals surface area contributed by atoms with Crippen molar-refractivity contribution in [3.63, 3.8) is 0 Å². The molecule has 2 heteroatoms. The van der Waals surface area contributed by atoms with Crippen molar-refractivity contribution in [2.75, 3.05) is 6.61 Å². The lowest BCUT2D eigenvalue weighted by Crippen LogP contribution is -2.08. The summed E-state index contributed by atoms with van der Waals surface area (Å²) in [6.07, 6.45) is 9.98. The van der Waals surface area contributed by atoms with Crippen LogP contribution in [0.2, 0.25) is 0 Å². The molecule has 164 valence electrons. The van der Waals surface area contributed by atoms with Gasteiger partial charge in [-0.15, -0.1) is 0 Å². The maximum absolute atomic E-state index is 9.82. The molecule has 1 N–H and O–H groups in total. The van der Waals surface area contributed by atoms with Gasteiger partial charge in [-0.2, -0.15) is 11.3 Å². The topological polar surface area (TPSA) is 20.2 Å². The van der Waals surface area contributed by atoms with E-state index in [1.54, 1.807) is 11.3 Å². The zero-order valence-corrected chi connectivity index (χ0v) is 20.0. The van der Waals surface area contributed by atoms with Crippen LogP contribution in [0.1, 0.15) is 43.9 Å². The molecule has 3 aromatic rings. The van der Waals surface area contributed by atoms with Gasteiger partial charge >= 0.3 is 0 Å². The average Bonchev–Trinajstić information content (AvgIpc) is 3.31. The summed E-state index contributed by atoms with van der Waals surface area (Å²) in [6.45, 7) is 6.48. The molecule has 0 saturated heterocycles. The van der Waals surface area contributed by atoms with E-state index in [0.29, 0.717) is 0 Å². The summed E-state index contributed by atoms with van der Waals surface area (Å²) in [7, 11) is 0. The quantitative estimate of drug-likeness (QED) is 0.281. The van der Waals surface area contributed by atoms with Crippen molar-refractivity contribution < 1.29 is 5.11 Å². The molecule has 1 heterocycles. The van der Waals surface area contributed by atoms with E-state index in [1.165, 1.54) is 27.8 Å². The molecule has 3 rings (SSSR count). The minimum absolute atomic E-state index is 0.0138. The molecule has 1 unspecified atom stereocenters. The predicted molar refractivity (Wildman–Crippen MR) is 140 cm³/mol. The third-order valence-electron chi connectivity index (χ3n) is 5.06. The Hall–Kier alpha value is -2.86. The number of rotatable bonds is 8. The maximum atomic E-state index is 9.82. The number of aliphatic hydroxyl groups excluding tert-OH is 1. The van der Waals surface area contributed by atoms with E-state index in [4.69, 9.17) is 0 Å². The van der Waals surface area contributed by atoms with Crippen LogP contribution in [-0.4, -0.2) is 11.7 Å². The van der Waals surface area contributed by atoms with Crippen LogP contribution in [0.5, 0.6) is 0 Å². The summed E-state index contributed by atoms with van der Waals surface area (Å²) in [5, 5.41) is 14.1. The molecule has 0 aliphatic carbocycles. The third-order valence-corrected chi connectivity index (χ3v) is 5.74. The predicted octanol–water partition coefficient (Wildman–Crippen LogP) is 7.73. The van der Waals surface area contributed by atoms with Gasteiger partial charge in [-0.25, -0.2) is 0 Å². The van der Waals surface area contributed by atoms with Crippen molar-refractivity contribution >= 4 is 23.5 Å². The monoisotopic (exact) mass is 440 g/mol. The van der Waals surface area contributed by atoms with E-state index >= 15 is 0 Å². The number of aliphatic hydroxyl groups is 1. The highest BCUT2D eigenvalue weighted by Crippen LogP contribution is 2.24. The first-order chi connectivity index (χ1) is 15.4. The van der Waals surface area contributed by atoms with E-state index in [0.717, 1.165) is 12.8 Å². The molecule has 0 bridgehead atoms. The van der Waals surface area contributed by atoms with Gasteiger partial charge in [-0.1, -0.05) is 72.5 Å². The Morgan fingerprint density at radius 2 is 1.72 bits per heavy atom. The first-order valence-electron chi connectivity index (χ1n) is 11.1. The first kappa shape index (κ1) is 23.8. The van der Waals surface area contributed by atoms with E-state index in [1.807, 2.05) is 6.08 Å². The van der Waals surface area contributed by atoms with Gasteiger partial charge in [0.15, 0.2) is 0 Å². The molecule has 0 fully saturated rings. The van der Waals surface area contributed by atoms with E-state index in [2.05, 4.69) is 116 Å². The van der Waals surface area contributed by atoms with Crippen LogP contribution in [0.25, 0.3) is 23.3 Å². The highest BCUT2D eigenvalue weighted by atomic mass is 32.1. The Labute approximate surface area is 197 Å². The lowest BCUT2D eigenvalue weighted by Gasteiger charge is -2.12. The fraction of sp³-hybridized carbons (Fsp3) is 0.267. The maximum Gasteiger partial charge on any atom is 0.0465 e. The van der Waals surface area contributed by atoms with Crippen molar-refractivity contribution in [2.45, 2.75) is 33.6 Å². The van der Waals surface area contributed by atoms with Crippen LogP contribution in [0.15, 0.2) is 77.5 Å². The van der Waals surface area contributed by atoms with Crippen LogP contribution in [-0.2, 0) is 6.42 Å². The second-order valence-electron chi connectivity index (χ2n) is 9.13. The molecule has 0 radical (unpaired) electrons. The second kappa shape index (κ2) is 11.7. The Morgan fingerprint density at radius 3 is 2.41 bits per heavy atom. The van der Waals surface area contributed by atoms with Gasteiger partial charge in [0.05, 0.1) is 0 Å². The smallest absolute Gasteiger partial charge is 0.0465 e. The first-order valence-corrected chi connectivity index (χ1v) is 12.1. The van der Waals surface area contributed by atoms with Crippen LogP contribution in [0, 0.1) is 23.2 Å². The standard InChI is InChI=1S/C30H32OS/c1-30(2,3)17-6-4-5-9-27(22-31)20-26-12-7-10-24(19-26)14-15-25-11-8-13-28(21-25)29-16-18-32-23-29/h4-5,7-8,10-16,18-19,21,23,27,31H,9,20,22H2,1-3H3. The van der Waals surface area contributed by atoms with Crippen molar-refractivity contribution in [2.24, 2.45) is 11.3 Å². The summed E-state index contributed by atoms with van der Waals surface area (Å²) in [4.78, 5) is 0. The van der Waals surface area contributed by atoms with Gasteiger partial charge in [0.25, 0.3) is 0 Å². The molecule has 32 heavy (non-hydrogen) atoms. The lowest BCUT2D eigenvalue weighted by atomic mass is 9.95. The summed E-state index contributed by atoms with van der Waals surface area (Å²) >= 11 is 1.72. The highest BCUT2D eigenvalue weighted by molar-refractivity contribution is 7.08. The van der Waals surface area contributed by atoms with Gasteiger partial charge < -0.3 is 5.11 Å². The Morgan fingerprint density at radius 1 is 0.969 bits per heavy atom. The molecule has 0 aliphatic rings. The zero-order chi connectivity index (χ0) is 22.8. The SMILES string of the molecule is CC(C)(C)C#CC=CCC(CO)Cc1cccc(C=Cc2cccc(-c3ccsc3)c2)c1. The summed E-state index contributed by atoms with van der Waals surface area (Å²) < 4.78 is 0. The highest BCUT2D eigenvalue weighted by Gasteiger charge is 2.07. The number of hydrogen-bond donors (Lipinski definition) is 1. The van der Waals surface area contributed by atoms with Gasteiger partial charge in [0.1, 0.15) is 0 Å². The number of thiophene rings is 1. The van der Waals surface area contributed by atoms with Gasteiger partial charge in [-0.3, -0.25) is 0 Å². The van der Waals surface area contributed by atoms with Crippen LogP contribution >= 0.6 is 11.3 Å². The number of hydrogen-bond acceptors (Lipinski definition) is 2. The fourth-order valence-corrected chi connectivity index (χ4v) is 4.07. The van der Waals surface area contributed by atoms with Gasteiger partial charge in [0.2, 0.25) is 0 Å². The minimum atomic E-state index is 0.0138. The van der Waals surface area contributed by atoms with Gasteiger partial charge in [-0.05, 0) is 96.3 Å². The van der Waals surface area contributed by atoms with Crippen LogP contribution < -0.4 is 0 Å². The molecule has 2 aromatic carbocycles. The lowest BCUT2D eigenvalue weighted by molar-refractivity contribution is 0.227.